The first-order valence-corrected chi connectivity index (χ1v) is 9.39. The highest BCUT2D eigenvalue weighted by molar-refractivity contribution is 9.10. The third kappa shape index (κ3) is 3.23. The van der Waals surface area contributed by atoms with E-state index in [2.05, 4.69) is 15.9 Å². The van der Waals surface area contributed by atoms with E-state index in [4.69, 9.17) is 0 Å². The molecule has 0 unspecified atom stereocenters. The van der Waals surface area contributed by atoms with Gasteiger partial charge in [0.05, 0.1) is 10.6 Å². The van der Waals surface area contributed by atoms with Crippen molar-refractivity contribution in [3.8, 4) is 0 Å². The maximum absolute atomic E-state index is 13.9. The van der Waals surface area contributed by atoms with Gasteiger partial charge in [0.25, 0.3) is 0 Å². The van der Waals surface area contributed by atoms with Gasteiger partial charge >= 0.3 is 0 Å². The van der Waals surface area contributed by atoms with E-state index in [0.29, 0.717) is 0 Å². The summed E-state index contributed by atoms with van der Waals surface area (Å²) in [7, 11) is -2.59. The van der Waals surface area contributed by atoms with Crippen molar-refractivity contribution in [2.45, 2.75) is 23.5 Å². The first-order valence-electron chi connectivity index (χ1n) is 7.12. The number of sulfone groups is 1. The summed E-state index contributed by atoms with van der Waals surface area (Å²) in [5.41, 5.74) is 0.0292. The number of amides is 1. The minimum absolute atomic E-state index is 0.0292. The Morgan fingerprint density at radius 2 is 1.62 bits per heavy atom. The third-order valence-corrected chi connectivity index (χ3v) is 6.77. The summed E-state index contributed by atoms with van der Waals surface area (Å²) in [6.45, 7) is 2.65. The topological polar surface area (TPSA) is 54.5 Å². The van der Waals surface area contributed by atoms with Gasteiger partial charge in [0.2, 0.25) is 5.91 Å². The Kier molecular flexibility index (Phi) is 5.15. The molecule has 0 bridgehead atoms. The number of para-hydroxylation sites is 1. The number of carbonyl (C=O) groups is 1. The van der Waals surface area contributed by atoms with E-state index in [0.717, 1.165) is 9.37 Å². The second-order valence-corrected chi connectivity index (χ2v) is 9.20. The highest BCUT2D eigenvalue weighted by Gasteiger charge is 2.44. The molecule has 1 amide bonds. The molecule has 2 rings (SSSR count). The van der Waals surface area contributed by atoms with E-state index in [9.17, 15) is 17.6 Å². The largest absolute Gasteiger partial charge is 0.311 e. The Labute approximate surface area is 149 Å². The van der Waals surface area contributed by atoms with Crippen LogP contribution in [-0.2, 0) is 14.6 Å². The van der Waals surface area contributed by atoms with Crippen molar-refractivity contribution in [1.82, 2.24) is 0 Å². The molecule has 0 aliphatic rings. The van der Waals surface area contributed by atoms with Crippen LogP contribution >= 0.6 is 15.9 Å². The van der Waals surface area contributed by atoms with Crippen molar-refractivity contribution < 1.29 is 17.6 Å². The van der Waals surface area contributed by atoms with Crippen LogP contribution in [0.25, 0.3) is 0 Å². The first-order chi connectivity index (χ1) is 11.1. The number of hydrogen-bond acceptors (Lipinski definition) is 3. The highest BCUT2D eigenvalue weighted by Crippen LogP contribution is 2.30. The Morgan fingerprint density at radius 3 is 2.17 bits per heavy atom. The van der Waals surface area contributed by atoms with Crippen LogP contribution in [0, 0.1) is 5.82 Å². The summed E-state index contributed by atoms with van der Waals surface area (Å²) >= 11 is 3.24. The molecule has 0 spiro atoms. The molecule has 0 fully saturated rings. The van der Waals surface area contributed by atoms with Gasteiger partial charge in [-0.3, -0.25) is 4.79 Å². The van der Waals surface area contributed by atoms with Crippen molar-refractivity contribution in [3.05, 3.63) is 58.8 Å². The predicted octanol–water partition coefficient (Wildman–Crippen LogP) is 3.80. The fourth-order valence-electron chi connectivity index (χ4n) is 2.26. The fraction of sp³-hybridized carbons (Fsp3) is 0.235. The molecular weight excluding hydrogens is 397 g/mol. The summed E-state index contributed by atoms with van der Waals surface area (Å²) in [5, 5.41) is 0. The summed E-state index contributed by atoms with van der Waals surface area (Å²) in [6, 6.07) is 11.8. The van der Waals surface area contributed by atoms with E-state index < -0.39 is 26.3 Å². The van der Waals surface area contributed by atoms with Gasteiger partial charge in [0.1, 0.15) is 10.6 Å². The van der Waals surface area contributed by atoms with Gasteiger partial charge < -0.3 is 4.90 Å². The molecule has 0 N–H and O–H groups in total. The van der Waals surface area contributed by atoms with Gasteiger partial charge in [0.15, 0.2) is 9.84 Å². The Morgan fingerprint density at radius 1 is 1.08 bits per heavy atom. The lowest BCUT2D eigenvalue weighted by Gasteiger charge is -2.29. The van der Waals surface area contributed by atoms with Gasteiger partial charge in [-0.05, 0) is 50.2 Å². The molecule has 0 aliphatic heterocycles. The molecule has 0 aliphatic carbocycles. The maximum Gasteiger partial charge on any atom is 0.248 e. The number of rotatable bonds is 4. The van der Waals surface area contributed by atoms with Crippen LogP contribution in [0.3, 0.4) is 0 Å². The molecule has 2 aromatic carbocycles. The van der Waals surface area contributed by atoms with Crippen LogP contribution in [0.4, 0.5) is 10.1 Å². The van der Waals surface area contributed by atoms with Crippen molar-refractivity contribution in [2.75, 3.05) is 11.9 Å². The number of halogens is 2. The fourth-order valence-corrected chi connectivity index (χ4v) is 3.98. The Hall–Kier alpha value is -1.73. The van der Waals surface area contributed by atoms with Crippen LogP contribution in [-0.4, -0.2) is 26.1 Å². The number of benzene rings is 2. The molecule has 0 heterocycles. The van der Waals surface area contributed by atoms with Gasteiger partial charge in [-0.25, -0.2) is 12.8 Å². The lowest BCUT2D eigenvalue weighted by Crippen LogP contribution is -2.49. The summed E-state index contributed by atoms with van der Waals surface area (Å²) in [6.07, 6.45) is 0. The van der Waals surface area contributed by atoms with Crippen LogP contribution in [0.1, 0.15) is 13.8 Å². The number of anilines is 1. The van der Waals surface area contributed by atoms with E-state index in [-0.39, 0.29) is 10.6 Å². The van der Waals surface area contributed by atoms with Crippen LogP contribution in [0.2, 0.25) is 0 Å². The van der Waals surface area contributed by atoms with E-state index in [1.807, 2.05) is 0 Å². The van der Waals surface area contributed by atoms with Gasteiger partial charge in [0, 0.05) is 11.5 Å². The molecule has 0 aromatic heterocycles. The van der Waals surface area contributed by atoms with Crippen LogP contribution < -0.4 is 4.90 Å². The molecule has 0 saturated carbocycles. The quantitative estimate of drug-likeness (QED) is 0.765. The molecule has 0 atom stereocenters. The van der Waals surface area contributed by atoms with Crippen molar-refractivity contribution in [1.29, 1.82) is 0 Å². The minimum atomic E-state index is -3.95. The molecule has 2 aromatic rings. The molecule has 24 heavy (non-hydrogen) atoms. The lowest BCUT2D eigenvalue weighted by atomic mass is 10.1. The summed E-state index contributed by atoms with van der Waals surface area (Å²) in [4.78, 5) is 13.8. The monoisotopic (exact) mass is 413 g/mol. The zero-order valence-electron chi connectivity index (χ0n) is 13.5. The maximum atomic E-state index is 13.9. The van der Waals surface area contributed by atoms with E-state index in [1.54, 1.807) is 18.2 Å². The third-order valence-electron chi connectivity index (χ3n) is 3.83. The first kappa shape index (κ1) is 18.6. The number of nitrogens with zero attached hydrogens (tertiary/aromatic N) is 1. The van der Waals surface area contributed by atoms with Crippen molar-refractivity contribution in [3.63, 3.8) is 0 Å². The molecule has 128 valence electrons. The van der Waals surface area contributed by atoms with E-state index in [1.165, 1.54) is 51.2 Å². The molecular formula is C17H17BrFNO3S. The van der Waals surface area contributed by atoms with Crippen molar-refractivity contribution >= 4 is 37.4 Å². The highest BCUT2D eigenvalue weighted by atomic mass is 79.9. The normalized spacial score (nSPS) is 12.0. The lowest BCUT2D eigenvalue weighted by molar-refractivity contribution is -0.120. The van der Waals surface area contributed by atoms with Crippen molar-refractivity contribution in [2.24, 2.45) is 0 Å². The number of carbonyl (C=O) groups excluding carboxylic acids is 1. The van der Waals surface area contributed by atoms with Gasteiger partial charge in [-0.15, -0.1) is 0 Å². The average Bonchev–Trinajstić information content (AvgIpc) is 2.54. The van der Waals surface area contributed by atoms with Crippen LogP contribution in [0.5, 0.6) is 0 Å². The molecule has 4 nitrogen and oxygen atoms in total. The molecule has 0 saturated heterocycles. The van der Waals surface area contributed by atoms with Gasteiger partial charge in [-0.2, -0.15) is 0 Å². The predicted molar refractivity (Wildman–Crippen MR) is 95.2 cm³/mol. The van der Waals surface area contributed by atoms with Gasteiger partial charge in [-0.1, -0.05) is 28.1 Å². The molecule has 7 heteroatoms. The van der Waals surface area contributed by atoms with Crippen LogP contribution in [0.15, 0.2) is 57.9 Å². The Balaban J connectivity index is 2.43. The summed E-state index contributed by atoms with van der Waals surface area (Å²) in [5.74, 6) is -1.30. The summed E-state index contributed by atoms with van der Waals surface area (Å²) < 4.78 is 38.6. The average molecular weight is 414 g/mol. The minimum Gasteiger partial charge on any atom is -0.311 e. The smallest absolute Gasteiger partial charge is 0.248 e. The second kappa shape index (κ2) is 6.64. The number of hydrogen-bond donors (Lipinski definition) is 0. The standard InChI is InChI=1S/C17H17BrFNO3S/c1-17(2,24(22,23)13-10-8-12(18)9-11-13)16(21)20(3)15-7-5-4-6-14(15)19/h4-11H,1-3H3. The zero-order chi connectivity index (χ0) is 18.1. The SMILES string of the molecule is CN(C(=O)C(C)(C)S(=O)(=O)c1ccc(Br)cc1)c1ccccc1F. The Bertz CT molecular complexity index is 864. The zero-order valence-corrected chi connectivity index (χ0v) is 15.9. The molecule has 0 radical (unpaired) electrons. The second-order valence-electron chi connectivity index (χ2n) is 5.78. The van der Waals surface area contributed by atoms with E-state index >= 15 is 0 Å².